The van der Waals surface area contributed by atoms with Gasteiger partial charge in [-0.15, -0.1) is 0 Å². The molecule has 0 atom stereocenters. The number of aromatic amines is 1. The van der Waals surface area contributed by atoms with E-state index in [1.54, 1.807) is 12.3 Å². The van der Waals surface area contributed by atoms with E-state index in [1.807, 2.05) is 6.07 Å². The van der Waals surface area contributed by atoms with Crippen LogP contribution in [0.25, 0.3) is 11.0 Å². The van der Waals surface area contributed by atoms with Gasteiger partial charge in [0.05, 0.1) is 12.8 Å². The summed E-state index contributed by atoms with van der Waals surface area (Å²) < 4.78 is 5.69. The van der Waals surface area contributed by atoms with Gasteiger partial charge in [-0.3, -0.25) is 0 Å². The number of aromatic carboxylic acids is 1. The Balaban J connectivity index is 0.00000176. The molecule has 0 spiro atoms. The van der Waals surface area contributed by atoms with Gasteiger partial charge in [0.25, 0.3) is 0 Å². The van der Waals surface area contributed by atoms with Gasteiger partial charge in [0.15, 0.2) is 0 Å². The molecule has 114 valence electrons. The molecule has 3 rings (SSSR count). The van der Waals surface area contributed by atoms with Gasteiger partial charge in [-0.05, 0) is 44.5 Å². The normalized spacial score (nSPS) is 14.9. The molecular formula is C15H20LiN3O3. The van der Waals surface area contributed by atoms with E-state index in [0.29, 0.717) is 18.0 Å². The Bertz CT molecular complexity index is 638. The molecule has 1 saturated heterocycles. The van der Waals surface area contributed by atoms with E-state index in [9.17, 15) is 4.79 Å². The van der Waals surface area contributed by atoms with E-state index in [1.165, 1.54) is 25.9 Å². The van der Waals surface area contributed by atoms with Crippen LogP contribution in [0, 0.1) is 0 Å². The van der Waals surface area contributed by atoms with Crippen LogP contribution in [-0.4, -0.2) is 71.0 Å². The molecule has 2 N–H and O–H groups in total. The predicted molar refractivity (Wildman–Crippen MR) is 86.0 cm³/mol. The number of hydrogen-bond acceptors (Lipinski definition) is 4. The third kappa shape index (κ3) is 4.04. The summed E-state index contributed by atoms with van der Waals surface area (Å²) in [4.78, 5) is 20.3. The Morgan fingerprint density at radius 3 is 2.86 bits per heavy atom. The number of H-pyrrole nitrogens is 1. The van der Waals surface area contributed by atoms with Crippen LogP contribution in [0.4, 0.5) is 0 Å². The SMILES string of the molecule is O=C(O)c1cc2cc(OCCCN3CCCC3)cnc2[nH]1.[LiH]. The molecule has 1 aliphatic rings. The molecule has 1 fully saturated rings. The van der Waals surface area contributed by atoms with Crippen molar-refractivity contribution in [3.05, 3.63) is 24.0 Å². The maximum absolute atomic E-state index is 10.9. The summed E-state index contributed by atoms with van der Waals surface area (Å²) in [6.45, 7) is 4.13. The molecule has 1 aliphatic heterocycles. The summed E-state index contributed by atoms with van der Waals surface area (Å²) in [6, 6.07) is 3.39. The fourth-order valence-electron chi connectivity index (χ4n) is 2.67. The molecule has 7 heteroatoms. The number of carboxylic acid groups (broad SMARTS) is 1. The number of pyridine rings is 1. The van der Waals surface area contributed by atoms with Crippen molar-refractivity contribution in [1.29, 1.82) is 0 Å². The van der Waals surface area contributed by atoms with Crippen molar-refractivity contribution < 1.29 is 14.6 Å². The van der Waals surface area contributed by atoms with E-state index in [0.717, 1.165) is 18.4 Å². The maximum atomic E-state index is 10.9. The minimum atomic E-state index is -0.985. The Kier molecular flexibility index (Phi) is 5.89. The van der Waals surface area contributed by atoms with E-state index >= 15 is 0 Å². The zero-order chi connectivity index (χ0) is 14.7. The summed E-state index contributed by atoms with van der Waals surface area (Å²) in [6.07, 6.45) is 5.23. The predicted octanol–water partition coefficient (Wildman–Crippen LogP) is 1.48. The molecule has 0 saturated carbocycles. The molecule has 22 heavy (non-hydrogen) atoms. The Hall–Kier alpha value is -1.48. The van der Waals surface area contributed by atoms with Crippen molar-refractivity contribution in [2.45, 2.75) is 19.3 Å². The second-order valence-corrected chi connectivity index (χ2v) is 5.35. The van der Waals surface area contributed by atoms with Crippen LogP contribution in [-0.2, 0) is 0 Å². The minimum absolute atomic E-state index is 0. The van der Waals surface area contributed by atoms with Gasteiger partial charge in [-0.1, -0.05) is 0 Å². The van der Waals surface area contributed by atoms with Gasteiger partial charge in [-0.2, -0.15) is 0 Å². The van der Waals surface area contributed by atoms with Crippen molar-refractivity contribution in [3.63, 3.8) is 0 Å². The number of hydrogen-bond donors (Lipinski definition) is 2. The number of ether oxygens (including phenoxy) is 1. The number of fused-ring (bicyclic) bond motifs is 1. The molecular weight excluding hydrogens is 277 g/mol. The second kappa shape index (κ2) is 7.68. The van der Waals surface area contributed by atoms with Crippen molar-refractivity contribution in [3.8, 4) is 5.75 Å². The molecule has 0 bridgehead atoms. The summed E-state index contributed by atoms with van der Waals surface area (Å²) in [5.41, 5.74) is 0.709. The van der Waals surface area contributed by atoms with Gasteiger partial charge < -0.3 is 19.7 Å². The van der Waals surface area contributed by atoms with Gasteiger partial charge in [-0.25, -0.2) is 9.78 Å². The number of nitrogens with zero attached hydrogens (tertiary/aromatic N) is 2. The first-order valence-corrected chi connectivity index (χ1v) is 7.29. The zero-order valence-electron chi connectivity index (χ0n) is 11.8. The van der Waals surface area contributed by atoms with Crippen LogP contribution in [0.2, 0.25) is 0 Å². The number of rotatable bonds is 6. The summed E-state index contributed by atoms with van der Waals surface area (Å²) in [5, 5.41) is 9.69. The molecule has 0 radical (unpaired) electrons. The first kappa shape index (κ1) is 16.9. The summed E-state index contributed by atoms with van der Waals surface area (Å²) >= 11 is 0. The quantitative estimate of drug-likeness (QED) is 0.623. The zero-order valence-corrected chi connectivity index (χ0v) is 11.8. The Morgan fingerprint density at radius 2 is 2.14 bits per heavy atom. The van der Waals surface area contributed by atoms with E-state index in [4.69, 9.17) is 9.84 Å². The molecule has 2 aromatic heterocycles. The Labute approximate surface area is 141 Å². The standard InChI is InChI=1S/C15H19N3O3.Li.H/c19-15(20)13-9-11-8-12(10-16-14(11)17-13)21-7-3-6-18-4-1-2-5-18;;/h8-10H,1-7H2,(H,16,17)(H,19,20);;. The molecule has 2 aromatic rings. The topological polar surface area (TPSA) is 78.5 Å². The van der Waals surface area contributed by atoms with Crippen molar-refractivity contribution in [2.75, 3.05) is 26.2 Å². The average molecular weight is 297 g/mol. The molecule has 0 aliphatic carbocycles. The third-order valence-corrected chi connectivity index (χ3v) is 3.76. The first-order chi connectivity index (χ1) is 10.2. The third-order valence-electron chi connectivity index (χ3n) is 3.76. The van der Waals surface area contributed by atoms with E-state index in [-0.39, 0.29) is 24.6 Å². The van der Waals surface area contributed by atoms with Gasteiger partial charge in [0.1, 0.15) is 17.1 Å². The van der Waals surface area contributed by atoms with Crippen LogP contribution in [0.15, 0.2) is 18.3 Å². The molecule has 3 heterocycles. The van der Waals surface area contributed by atoms with Gasteiger partial charge in [0, 0.05) is 11.9 Å². The monoisotopic (exact) mass is 297 g/mol. The number of carboxylic acids is 1. The first-order valence-electron chi connectivity index (χ1n) is 7.29. The van der Waals surface area contributed by atoms with Crippen LogP contribution in [0.3, 0.4) is 0 Å². The van der Waals surface area contributed by atoms with Crippen LogP contribution in [0.1, 0.15) is 29.8 Å². The van der Waals surface area contributed by atoms with Crippen LogP contribution in [0.5, 0.6) is 5.75 Å². The fraction of sp³-hybridized carbons (Fsp3) is 0.467. The molecule has 0 unspecified atom stereocenters. The Morgan fingerprint density at radius 1 is 1.36 bits per heavy atom. The second-order valence-electron chi connectivity index (χ2n) is 5.35. The number of aromatic nitrogens is 2. The van der Waals surface area contributed by atoms with Crippen LogP contribution >= 0.6 is 0 Å². The van der Waals surface area contributed by atoms with Crippen molar-refractivity contribution >= 4 is 35.9 Å². The van der Waals surface area contributed by atoms with E-state index in [2.05, 4.69) is 14.9 Å². The van der Waals surface area contributed by atoms with Crippen LogP contribution < -0.4 is 4.74 Å². The van der Waals surface area contributed by atoms with Crippen molar-refractivity contribution in [1.82, 2.24) is 14.9 Å². The summed E-state index contributed by atoms with van der Waals surface area (Å²) in [5.74, 6) is -0.305. The molecule has 6 nitrogen and oxygen atoms in total. The van der Waals surface area contributed by atoms with Crippen molar-refractivity contribution in [2.24, 2.45) is 0 Å². The molecule has 0 aromatic carbocycles. The number of likely N-dealkylation sites (tertiary alicyclic amines) is 1. The molecule has 0 amide bonds. The fourth-order valence-corrected chi connectivity index (χ4v) is 2.67. The summed E-state index contributed by atoms with van der Waals surface area (Å²) in [7, 11) is 0. The van der Waals surface area contributed by atoms with Gasteiger partial charge >= 0.3 is 24.8 Å². The average Bonchev–Trinajstić information content (AvgIpc) is 3.12. The number of nitrogens with one attached hydrogen (secondary N) is 1. The van der Waals surface area contributed by atoms with Gasteiger partial charge in [0.2, 0.25) is 0 Å². The number of carbonyl (C=O) groups is 1. The van der Waals surface area contributed by atoms with E-state index < -0.39 is 5.97 Å².